The number of nitrogens with zero attached hydrogens (tertiary/aromatic N) is 1. The third-order valence-electron chi connectivity index (χ3n) is 3.72. The molecule has 144 valence electrons. The standard InChI is InChI=1S/C20H16INO6/c1-11(23)27-18-16(25-2)8-12(9-17(18)26-3)7-15-20(24)28-19(22-15)13-5-4-6-14(21)10-13/h4-10H,1-3H3. The minimum atomic E-state index is -0.559. The van der Waals surface area contributed by atoms with Crippen LogP contribution in [0.1, 0.15) is 18.1 Å². The second-order valence-corrected chi connectivity index (χ2v) is 6.94. The Balaban J connectivity index is 2.00. The van der Waals surface area contributed by atoms with Crippen molar-refractivity contribution >= 4 is 46.5 Å². The molecule has 0 saturated carbocycles. The normalized spacial score (nSPS) is 14.5. The maximum Gasteiger partial charge on any atom is 0.363 e. The summed E-state index contributed by atoms with van der Waals surface area (Å²) in [7, 11) is 2.88. The van der Waals surface area contributed by atoms with Crippen molar-refractivity contribution in [1.29, 1.82) is 0 Å². The highest BCUT2D eigenvalue weighted by atomic mass is 127. The van der Waals surface area contributed by atoms with Gasteiger partial charge < -0.3 is 18.9 Å². The topological polar surface area (TPSA) is 83.4 Å². The lowest BCUT2D eigenvalue weighted by atomic mass is 10.1. The maximum absolute atomic E-state index is 12.2. The van der Waals surface area contributed by atoms with Gasteiger partial charge in [0.2, 0.25) is 11.6 Å². The summed E-state index contributed by atoms with van der Waals surface area (Å²) < 4.78 is 22.0. The van der Waals surface area contributed by atoms with Gasteiger partial charge in [-0.25, -0.2) is 9.79 Å². The molecule has 0 aliphatic carbocycles. The molecule has 1 aliphatic rings. The number of hydrogen-bond donors (Lipinski definition) is 0. The van der Waals surface area contributed by atoms with Crippen LogP contribution in [0.2, 0.25) is 0 Å². The number of ether oxygens (including phenoxy) is 4. The van der Waals surface area contributed by atoms with Crippen LogP contribution in [0.3, 0.4) is 0 Å². The summed E-state index contributed by atoms with van der Waals surface area (Å²) in [5.41, 5.74) is 1.42. The van der Waals surface area contributed by atoms with Crippen molar-refractivity contribution < 1.29 is 28.5 Å². The molecule has 1 heterocycles. The second-order valence-electron chi connectivity index (χ2n) is 5.69. The van der Waals surface area contributed by atoms with Gasteiger partial charge in [0.1, 0.15) is 0 Å². The van der Waals surface area contributed by atoms with Crippen LogP contribution in [0.4, 0.5) is 0 Å². The summed E-state index contributed by atoms with van der Waals surface area (Å²) in [6, 6.07) is 10.7. The van der Waals surface area contributed by atoms with Crippen LogP contribution in [0.25, 0.3) is 6.08 Å². The number of halogens is 1. The Morgan fingerprint density at radius 3 is 2.39 bits per heavy atom. The van der Waals surface area contributed by atoms with Crippen molar-refractivity contribution in [2.75, 3.05) is 14.2 Å². The van der Waals surface area contributed by atoms with E-state index in [0.717, 1.165) is 3.57 Å². The Bertz CT molecular complexity index is 987. The van der Waals surface area contributed by atoms with Crippen molar-refractivity contribution in [3.05, 3.63) is 56.8 Å². The summed E-state index contributed by atoms with van der Waals surface area (Å²) in [6.07, 6.45) is 1.55. The third-order valence-corrected chi connectivity index (χ3v) is 4.40. The van der Waals surface area contributed by atoms with Gasteiger partial charge in [-0.2, -0.15) is 0 Å². The summed E-state index contributed by atoms with van der Waals surface area (Å²) in [5, 5.41) is 0. The molecule has 2 aromatic rings. The summed E-state index contributed by atoms with van der Waals surface area (Å²) in [4.78, 5) is 27.8. The molecule has 0 fully saturated rings. The Kier molecular flexibility index (Phi) is 5.98. The minimum Gasteiger partial charge on any atom is -0.493 e. The van der Waals surface area contributed by atoms with Gasteiger partial charge in [-0.3, -0.25) is 4.79 Å². The number of cyclic esters (lactones) is 1. The van der Waals surface area contributed by atoms with E-state index in [1.54, 1.807) is 18.2 Å². The first-order valence-corrected chi connectivity index (χ1v) is 9.22. The van der Waals surface area contributed by atoms with Crippen LogP contribution in [0.5, 0.6) is 17.2 Å². The van der Waals surface area contributed by atoms with Gasteiger partial charge in [-0.15, -0.1) is 0 Å². The van der Waals surface area contributed by atoms with E-state index in [9.17, 15) is 9.59 Å². The van der Waals surface area contributed by atoms with Crippen molar-refractivity contribution in [2.24, 2.45) is 4.99 Å². The second kappa shape index (κ2) is 8.42. The van der Waals surface area contributed by atoms with Gasteiger partial charge in [0.15, 0.2) is 17.2 Å². The molecule has 1 aliphatic heterocycles. The number of hydrogen-bond acceptors (Lipinski definition) is 7. The average molecular weight is 493 g/mol. The van der Waals surface area contributed by atoms with Crippen LogP contribution in [-0.4, -0.2) is 32.1 Å². The molecular weight excluding hydrogens is 477 g/mol. The van der Waals surface area contributed by atoms with Crippen LogP contribution < -0.4 is 14.2 Å². The fourth-order valence-electron chi connectivity index (χ4n) is 2.54. The number of benzene rings is 2. The SMILES string of the molecule is COc1cc(C=C2N=C(c3cccc(I)c3)OC2=O)cc(OC)c1OC(C)=O. The van der Waals surface area contributed by atoms with Gasteiger partial charge >= 0.3 is 11.9 Å². The molecular formula is C20H16INO6. The van der Waals surface area contributed by atoms with E-state index in [1.807, 2.05) is 24.3 Å². The molecule has 0 unspecified atom stereocenters. The molecule has 8 heteroatoms. The molecule has 0 aromatic heterocycles. The minimum absolute atomic E-state index is 0.137. The van der Waals surface area contributed by atoms with Gasteiger partial charge in [0, 0.05) is 16.1 Å². The first kappa shape index (κ1) is 19.9. The zero-order valence-corrected chi connectivity index (χ0v) is 17.5. The molecule has 0 amide bonds. The van der Waals surface area contributed by atoms with E-state index in [2.05, 4.69) is 27.6 Å². The first-order chi connectivity index (χ1) is 13.4. The molecule has 0 N–H and O–H groups in total. The monoisotopic (exact) mass is 493 g/mol. The highest BCUT2D eigenvalue weighted by Gasteiger charge is 2.25. The quantitative estimate of drug-likeness (QED) is 0.274. The fourth-order valence-corrected chi connectivity index (χ4v) is 3.08. The number of carbonyl (C=O) groups excluding carboxylic acids is 2. The maximum atomic E-state index is 12.2. The number of carbonyl (C=O) groups is 2. The summed E-state index contributed by atoms with van der Waals surface area (Å²) in [6.45, 7) is 1.28. The predicted octanol–water partition coefficient (Wildman–Crippen LogP) is 3.58. The van der Waals surface area contributed by atoms with Crippen molar-refractivity contribution in [2.45, 2.75) is 6.92 Å². The fraction of sp³-hybridized carbons (Fsp3) is 0.150. The lowest BCUT2D eigenvalue weighted by Crippen LogP contribution is -2.06. The van der Waals surface area contributed by atoms with Crippen LogP contribution >= 0.6 is 22.6 Å². The van der Waals surface area contributed by atoms with Gasteiger partial charge in [-0.1, -0.05) is 6.07 Å². The smallest absolute Gasteiger partial charge is 0.363 e. The van der Waals surface area contributed by atoms with Crippen molar-refractivity contribution in [3.8, 4) is 17.2 Å². The van der Waals surface area contributed by atoms with E-state index in [0.29, 0.717) is 11.1 Å². The van der Waals surface area contributed by atoms with Crippen LogP contribution in [-0.2, 0) is 14.3 Å². The van der Waals surface area contributed by atoms with Gasteiger partial charge in [0.25, 0.3) is 0 Å². The molecule has 0 radical (unpaired) electrons. The summed E-state index contributed by atoms with van der Waals surface area (Å²) >= 11 is 2.17. The lowest BCUT2D eigenvalue weighted by Gasteiger charge is -2.13. The zero-order valence-electron chi connectivity index (χ0n) is 15.3. The van der Waals surface area contributed by atoms with E-state index in [-0.39, 0.29) is 28.8 Å². The van der Waals surface area contributed by atoms with Crippen molar-refractivity contribution in [3.63, 3.8) is 0 Å². The van der Waals surface area contributed by atoms with E-state index < -0.39 is 11.9 Å². The Labute approximate surface area is 175 Å². The van der Waals surface area contributed by atoms with Crippen LogP contribution in [0, 0.1) is 3.57 Å². The lowest BCUT2D eigenvalue weighted by molar-refractivity contribution is -0.132. The Hall–Kier alpha value is -2.88. The molecule has 0 bridgehead atoms. The molecule has 0 saturated heterocycles. The number of methoxy groups -OCH3 is 2. The molecule has 3 rings (SSSR count). The third kappa shape index (κ3) is 4.33. The molecule has 0 spiro atoms. The molecule has 0 atom stereocenters. The van der Waals surface area contributed by atoms with Gasteiger partial charge in [0.05, 0.1) is 14.2 Å². The highest BCUT2D eigenvalue weighted by Crippen LogP contribution is 2.39. The van der Waals surface area contributed by atoms with Gasteiger partial charge in [-0.05, 0) is 64.6 Å². The largest absolute Gasteiger partial charge is 0.493 e. The first-order valence-electron chi connectivity index (χ1n) is 8.14. The molecule has 28 heavy (non-hydrogen) atoms. The zero-order chi connectivity index (χ0) is 20.3. The van der Waals surface area contributed by atoms with Crippen molar-refractivity contribution in [1.82, 2.24) is 0 Å². The number of aliphatic imine (C=N–C) groups is 1. The molecule has 7 nitrogen and oxygen atoms in total. The highest BCUT2D eigenvalue weighted by molar-refractivity contribution is 14.1. The van der Waals surface area contributed by atoms with E-state index in [1.165, 1.54) is 21.1 Å². The molecule has 2 aromatic carbocycles. The predicted molar refractivity (Wildman–Crippen MR) is 111 cm³/mol. The summed E-state index contributed by atoms with van der Waals surface area (Å²) in [5.74, 6) is -0.0873. The van der Waals surface area contributed by atoms with Crippen LogP contribution in [0.15, 0.2) is 47.1 Å². The van der Waals surface area contributed by atoms with E-state index in [4.69, 9.17) is 18.9 Å². The Morgan fingerprint density at radius 2 is 1.82 bits per heavy atom. The van der Waals surface area contributed by atoms with E-state index >= 15 is 0 Å². The number of rotatable bonds is 5. The average Bonchev–Trinajstić information content (AvgIpc) is 3.02. The number of esters is 2. The Morgan fingerprint density at radius 1 is 1.14 bits per heavy atom.